The second-order valence-corrected chi connectivity index (χ2v) is 4.57. The van der Waals surface area contributed by atoms with Crippen LogP contribution in [0.4, 0.5) is 0 Å². The molecule has 100 valence electrons. The second-order valence-electron chi connectivity index (χ2n) is 4.57. The average molecular weight is 250 g/mol. The summed E-state index contributed by atoms with van der Waals surface area (Å²) in [6.45, 7) is 2.46. The van der Waals surface area contributed by atoms with E-state index in [-0.39, 0.29) is 0 Å². The van der Waals surface area contributed by atoms with Crippen molar-refractivity contribution < 1.29 is 4.74 Å². The van der Waals surface area contributed by atoms with Crippen LogP contribution >= 0.6 is 0 Å². The standard InChI is InChI=1S/C13H22N4O/c1-14-13(16-11-5-8-18-9-6-11)15-10-12-4-3-7-17(12)2/h3-4,7,11H,5-6,8-10H2,1-2H3,(H2,14,15,16). The molecule has 2 heterocycles. The Morgan fingerprint density at radius 3 is 2.89 bits per heavy atom. The van der Waals surface area contributed by atoms with E-state index >= 15 is 0 Å². The Balaban J connectivity index is 1.80. The molecule has 1 aliphatic rings. The van der Waals surface area contributed by atoms with Crippen LogP contribution in [0.3, 0.4) is 0 Å². The minimum absolute atomic E-state index is 0.471. The molecular weight excluding hydrogens is 228 g/mol. The lowest BCUT2D eigenvalue weighted by Gasteiger charge is -2.25. The maximum atomic E-state index is 5.35. The third kappa shape index (κ3) is 3.50. The van der Waals surface area contributed by atoms with E-state index in [0.29, 0.717) is 6.04 Å². The Morgan fingerprint density at radius 2 is 2.28 bits per heavy atom. The predicted molar refractivity (Wildman–Crippen MR) is 72.6 cm³/mol. The molecule has 0 atom stereocenters. The SMILES string of the molecule is CN=C(NCc1cccn1C)NC1CCOCC1. The molecule has 0 unspecified atom stereocenters. The summed E-state index contributed by atoms with van der Waals surface area (Å²) in [5, 5.41) is 6.77. The second kappa shape index (κ2) is 6.44. The maximum absolute atomic E-state index is 5.35. The van der Waals surface area contributed by atoms with E-state index in [2.05, 4.69) is 26.3 Å². The van der Waals surface area contributed by atoms with Gasteiger partial charge in [0.15, 0.2) is 5.96 Å². The van der Waals surface area contributed by atoms with Crippen molar-refractivity contribution in [3.8, 4) is 0 Å². The van der Waals surface area contributed by atoms with Crippen molar-refractivity contribution in [2.24, 2.45) is 12.0 Å². The van der Waals surface area contributed by atoms with Gasteiger partial charge in [0.25, 0.3) is 0 Å². The fourth-order valence-electron chi connectivity index (χ4n) is 2.08. The van der Waals surface area contributed by atoms with Crippen LogP contribution < -0.4 is 10.6 Å². The first-order chi connectivity index (χ1) is 8.79. The molecule has 2 N–H and O–H groups in total. The molecular formula is C13H22N4O. The Hall–Kier alpha value is -1.49. The van der Waals surface area contributed by atoms with Gasteiger partial charge in [-0.25, -0.2) is 0 Å². The molecule has 1 saturated heterocycles. The van der Waals surface area contributed by atoms with Gasteiger partial charge in [0.1, 0.15) is 0 Å². The first kappa shape index (κ1) is 13.0. The lowest BCUT2D eigenvalue weighted by molar-refractivity contribution is 0.0822. The van der Waals surface area contributed by atoms with E-state index in [1.165, 1.54) is 5.69 Å². The molecule has 18 heavy (non-hydrogen) atoms. The number of aromatic nitrogens is 1. The first-order valence-electron chi connectivity index (χ1n) is 6.44. The molecule has 1 fully saturated rings. The molecule has 0 spiro atoms. The minimum atomic E-state index is 0.471. The number of nitrogens with zero attached hydrogens (tertiary/aromatic N) is 2. The average Bonchev–Trinajstić information content (AvgIpc) is 2.81. The zero-order valence-corrected chi connectivity index (χ0v) is 11.1. The maximum Gasteiger partial charge on any atom is 0.191 e. The number of hydrogen-bond acceptors (Lipinski definition) is 2. The molecule has 1 aromatic heterocycles. The third-order valence-corrected chi connectivity index (χ3v) is 3.27. The zero-order valence-electron chi connectivity index (χ0n) is 11.1. The summed E-state index contributed by atoms with van der Waals surface area (Å²) in [6.07, 6.45) is 4.14. The monoisotopic (exact) mass is 250 g/mol. The predicted octanol–water partition coefficient (Wildman–Crippen LogP) is 0.869. The number of guanidine groups is 1. The number of ether oxygens (including phenoxy) is 1. The van der Waals surface area contributed by atoms with E-state index in [1.54, 1.807) is 7.05 Å². The van der Waals surface area contributed by atoms with E-state index in [0.717, 1.165) is 38.6 Å². The van der Waals surface area contributed by atoms with Crippen molar-refractivity contribution in [2.75, 3.05) is 20.3 Å². The molecule has 1 aromatic rings. The zero-order chi connectivity index (χ0) is 12.8. The molecule has 0 amide bonds. The van der Waals surface area contributed by atoms with Crippen LogP contribution in [0.15, 0.2) is 23.3 Å². The Labute approximate surface area is 108 Å². The molecule has 0 aromatic carbocycles. The summed E-state index contributed by atoms with van der Waals surface area (Å²) in [7, 11) is 3.85. The molecule has 0 bridgehead atoms. The van der Waals surface area contributed by atoms with Crippen LogP contribution in [0.25, 0.3) is 0 Å². The summed E-state index contributed by atoms with van der Waals surface area (Å²) < 4.78 is 7.45. The quantitative estimate of drug-likeness (QED) is 0.618. The number of aliphatic imine (C=N–C) groups is 1. The van der Waals surface area contributed by atoms with E-state index in [9.17, 15) is 0 Å². The van der Waals surface area contributed by atoms with Crippen molar-refractivity contribution in [2.45, 2.75) is 25.4 Å². The van der Waals surface area contributed by atoms with Crippen LogP contribution in [0.2, 0.25) is 0 Å². The first-order valence-corrected chi connectivity index (χ1v) is 6.44. The van der Waals surface area contributed by atoms with Crippen LogP contribution in [-0.2, 0) is 18.3 Å². The van der Waals surface area contributed by atoms with E-state index in [1.807, 2.05) is 19.3 Å². The fourth-order valence-corrected chi connectivity index (χ4v) is 2.08. The molecule has 0 saturated carbocycles. The van der Waals surface area contributed by atoms with Crippen molar-refractivity contribution >= 4 is 5.96 Å². The molecule has 5 heteroatoms. The summed E-state index contributed by atoms with van der Waals surface area (Å²) in [5.41, 5.74) is 1.24. The normalized spacial score (nSPS) is 17.8. The largest absolute Gasteiger partial charge is 0.381 e. The van der Waals surface area contributed by atoms with Gasteiger partial charge in [-0.15, -0.1) is 0 Å². The van der Waals surface area contributed by atoms with E-state index < -0.39 is 0 Å². The van der Waals surface area contributed by atoms with Gasteiger partial charge >= 0.3 is 0 Å². The number of aryl methyl sites for hydroxylation is 1. The van der Waals surface area contributed by atoms with E-state index in [4.69, 9.17) is 4.74 Å². The smallest absolute Gasteiger partial charge is 0.191 e. The highest BCUT2D eigenvalue weighted by atomic mass is 16.5. The summed E-state index contributed by atoms with van der Waals surface area (Å²) >= 11 is 0. The topological polar surface area (TPSA) is 50.6 Å². The lowest BCUT2D eigenvalue weighted by Crippen LogP contribution is -2.45. The number of rotatable bonds is 3. The van der Waals surface area contributed by atoms with Gasteiger partial charge in [0.2, 0.25) is 0 Å². The Bertz CT molecular complexity index is 393. The lowest BCUT2D eigenvalue weighted by atomic mass is 10.1. The van der Waals surface area contributed by atoms with Crippen molar-refractivity contribution in [1.29, 1.82) is 0 Å². The highest BCUT2D eigenvalue weighted by molar-refractivity contribution is 5.79. The Kier molecular flexibility index (Phi) is 4.64. The molecule has 1 aliphatic heterocycles. The van der Waals surface area contributed by atoms with Crippen LogP contribution in [0, 0.1) is 0 Å². The third-order valence-electron chi connectivity index (χ3n) is 3.27. The van der Waals surface area contributed by atoms with Gasteiger partial charge in [-0.05, 0) is 25.0 Å². The van der Waals surface area contributed by atoms with Crippen LogP contribution in [0.5, 0.6) is 0 Å². The van der Waals surface area contributed by atoms with Crippen molar-refractivity contribution in [3.63, 3.8) is 0 Å². The van der Waals surface area contributed by atoms with Crippen molar-refractivity contribution in [1.82, 2.24) is 15.2 Å². The molecule has 0 aliphatic carbocycles. The van der Waals surface area contributed by atoms with Gasteiger partial charge < -0.3 is 19.9 Å². The summed E-state index contributed by atoms with van der Waals surface area (Å²) in [5.74, 6) is 0.864. The molecule has 0 radical (unpaired) electrons. The highest BCUT2D eigenvalue weighted by Crippen LogP contribution is 2.06. The van der Waals surface area contributed by atoms with Crippen molar-refractivity contribution in [3.05, 3.63) is 24.0 Å². The fraction of sp³-hybridized carbons (Fsp3) is 0.615. The Morgan fingerprint density at radius 1 is 1.50 bits per heavy atom. The highest BCUT2D eigenvalue weighted by Gasteiger charge is 2.14. The number of hydrogen-bond donors (Lipinski definition) is 2. The minimum Gasteiger partial charge on any atom is -0.381 e. The van der Waals surface area contributed by atoms with Gasteiger partial charge in [0, 0.05) is 45.2 Å². The van der Waals surface area contributed by atoms with Crippen LogP contribution in [0.1, 0.15) is 18.5 Å². The summed E-state index contributed by atoms with van der Waals surface area (Å²) in [4.78, 5) is 4.26. The van der Waals surface area contributed by atoms with Gasteiger partial charge in [-0.1, -0.05) is 0 Å². The van der Waals surface area contributed by atoms with Crippen LogP contribution in [-0.4, -0.2) is 36.8 Å². The number of nitrogens with one attached hydrogen (secondary N) is 2. The molecule has 2 rings (SSSR count). The van der Waals surface area contributed by atoms with Gasteiger partial charge in [-0.2, -0.15) is 0 Å². The molecule has 5 nitrogen and oxygen atoms in total. The van der Waals surface area contributed by atoms with Gasteiger partial charge in [-0.3, -0.25) is 4.99 Å². The summed E-state index contributed by atoms with van der Waals surface area (Å²) in [6, 6.07) is 4.62. The van der Waals surface area contributed by atoms with Gasteiger partial charge in [0.05, 0.1) is 6.54 Å².